The molecule has 0 aliphatic heterocycles. The fourth-order valence-electron chi connectivity index (χ4n) is 1.42. The summed E-state index contributed by atoms with van der Waals surface area (Å²) < 4.78 is 4.82. The molecule has 0 fully saturated rings. The summed E-state index contributed by atoms with van der Waals surface area (Å²) in [4.78, 5) is 27.1. The third-order valence-corrected chi connectivity index (χ3v) is 2.37. The Balaban J connectivity index is 2.45. The van der Waals surface area contributed by atoms with Gasteiger partial charge in [-0.25, -0.2) is 4.79 Å². The van der Waals surface area contributed by atoms with Crippen molar-refractivity contribution in [1.82, 2.24) is 10.8 Å². The van der Waals surface area contributed by atoms with Crippen LogP contribution in [0.4, 0.5) is 4.79 Å². The van der Waals surface area contributed by atoms with E-state index in [9.17, 15) is 9.59 Å². The highest BCUT2D eigenvalue weighted by Gasteiger charge is 2.08. The third-order valence-electron chi connectivity index (χ3n) is 2.37. The van der Waals surface area contributed by atoms with E-state index in [1.54, 1.807) is 12.1 Å². The van der Waals surface area contributed by atoms with E-state index in [0.717, 1.165) is 6.42 Å². The van der Waals surface area contributed by atoms with Gasteiger partial charge in [0, 0.05) is 25.8 Å². The van der Waals surface area contributed by atoms with E-state index >= 15 is 0 Å². The number of carbonyl (C=O) groups excluding carboxylic acids is 2. The summed E-state index contributed by atoms with van der Waals surface area (Å²) >= 11 is 0. The summed E-state index contributed by atoms with van der Waals surface area (Å²) in [6.07, 6.45) is 0.494. The summed E-state index contributed by atoms with van der Waals surface area (Å²) in [5.41, 5.74) is 2.66. The molecule has 0 aromatic heterocycles. The third kappa shape index (κ3) is 5.68. The van der Waals surface area contributed by atoms with E-state index in [2.05, 4.69) is 15.6 Å². The topological polar surface area (TPSA) is 96.9 Å². The maximum atomic E-state index is 11.7. The maximum absolute atomic E-state index is 11.7. The van der Waals surface area contributed by atoms with Gasteiger partial charge in [-0.3, -0.25) is 4.79 Å². The van der Waals surface area contributed by atoms with Crippen LogP contribution in [0.1, 0.15) is 23.2 Å². The largest absolute Gasteiger partial charge is 0.533 e. The number of aliphatic hydroxyl groups is 1. The van der Waals surface area contributed by atoms with Crippen molar-refractivity contribution in [3.63, 3.8) is 0 Å². The maximum Gasteiger partial charge on any atom is 0.533 e. The molecule has 1 aromatic rings. The molecule has 110 valence electrons. The number of rotatable bonds is 7. The van der Waals surface area contributed by atoms with Gasteiger partial charge < -0.3 is 20.0 Å². The first-order valence-corrected chi connectivity index (χ1v) is 6.22. The minimum atomic E-state index is -0.881. The fraction of sp³-hybridized carbons (Fsp3) is 0.385. The Labute approximate surface area is 116 Å². The lowest BCUT2D eigenvalue weighted by molar-refractivity contribution is 0.0610. The number of nitrogens with one attached hydrogen (secondary N) is 2. The van der Waals surface area contributed by atoms with Gasteiger partial charge in [-0.2, -0.15) is 5.48 Å². The van der Waals surface area contributed by atoms with Crippen LogP contribution in [0.25, 0.3) is 0 Å². The first-order valence-electron chi connectivity index (χ1n) is 6.22. The predicted molar refractivity (Wildman–Crippen MR) is 71.3 cm³/mol. The molecule has 20 heavy (non-hydrogen) atoms. The molecule has 1 rings (SSSR count). The van der Waals surface area contributed by atoms with Gasteiger partial charge in [-0.15, -0.1) is 0 Å². The predicted octanol–water partition coefficient (Wildman–Crippen LogP) is 0.839. The second-order valence-electron chi connectivity index (χ2n) is 3.87. The van der Waals surface area contributed by atoms with Gasteiger partial charge in [0.2, 0.25) is 0 Å². The molecule has 1 amide bonds. The second kappa shape index (κ2) is 8.89. The van der Waals surface area contributed by atoms with E-state index in [4.69, 9.17) is 9.84 Å². The molecular formula is C13H18N2O5. The lowest BCUT2D eigenvalue weighted by atomic mass is 10.2. The molecule has 0 heterocycles. The van der Waals surface area contributed by atoms with Crippen molar-refractivity contribution in [2.75, 3.05) is 20.2 Å². The zero-order valence-corrected chi connectivity index (χ0v) is 11.2. The number of hydrogen-bond acceptors (Lipinski definition) is 6. The van der Waals surface area contributed by atoms with E-state index in [1.165, 1.54) is 19.2 Å². The molecule has 3 N–H and O–H groups in total. The number of hydrogen-bond donors (Lipinski definition) is 3. The Bertz CT molecular complexity index is 433. The van der Waals surface area contributed by atoms with Crippen LogP contribution < -0.4 is 15.5 Å². The van der Waals surface area contributed by atoms with Gasteiger partial charge in [0.1, 0.15) is 5.75 Å². The van der Waals surface area contributed by atoms with Crippen LogP contribution in [0.5, 0.6) is 5.75 Å². The first kappa shape index (κ1) is 15.9. The van der Waals surface area contributed by atoms with Crippen molar-refractivity contribution in [3.05, 3.63) is 29.8 Å². The highest BCUT2D eigenvalue weighted by Crippen LogP contribution is 2.12. The standard InChI is InChI=1S/C13H18N2O5/c1-14-20-13(18)19-11-6-4-10(5-7-11)12(17)15-8-2-3-9-16/h4-7,14,16H,2-3,8-9H2,1H3,(H,15,17). The Morgan fingerprint density at radius 1 is 1.20 bits per heavy atom. The zero-order valence-electron chi connectivity index (χ0n) is 11.2. The Morgan fingerprint density at radius 3 is 2.50 bits per heavy atom. The molecule has 0 unspecified atom stereocenters. The normalized spacial score (nSPS) is 9.90. The van der Waals surface area contributed by atoms with Crippen LogP contribution in [0.15, 0.2) is 24.3 Å². The van der Waals surface area contributed by atoms with Gasteiger partial charge >= 0.3 is 6.16 Å². The van der Waals surface area contributed by atoms with Gasteiger partial charge in [0.25, 0.3) is 5.91 Å². The Morgan fingerprint density at radius 2 is 1.90 bits per heavy atom. The number of amides is 1. The van der Waals surface area contributed by atoms with Crippen LogP contribution in [-0.2, 0) is 4.84 Å². The van der Waals surface area contributed by atoms with Gasteiger partial charge in [0.15, 0.2) is 0 Å². The van der Waals surface area contributed by atoms with E-state index < -0.39 is 6.16 Å². The molecular weight excluding hydrogens is 264 g/mol. The lowest BCUT2D eigenvalue weighted by Gasteiger charge is -2.06. The quantitative estimate of drug-likeness (QED) is 0.297. The van der Waals surface area contributed by atoms with Crippen LogP contribution in [0.3, 0.4) is 0 Å². The number of benzene rings is 1. The summed E-state index contributed by atoms with van der Waals surface area (Å²) in [6.45, 7) is 0.622. The summed E-state index contributed by atoms with van der Waals surface area (Å²) in [5.74, 6) is 0.0642. The molecule has 0 saturated carbocycles. The molecule has 7 nitrogen and oxygen atoms in total. The van der Waals surface area contributed by atoms with Crippen molar-refractivity contribution >= 4 is 12.1 Å². The number of hydroxylamine groups is 1. The molecule has 0 spiro atoms. The Kier molecular flexibility index (Phi) is 7.08. The molecule has 0 radical (unpaired) electrons. The zero-order chi connectivity index (χ0) is 14.8. The molecule has 0 aliphatic carbocycles. The van der Waals surface area contributed by atoms with Gasteiger partial charge in [0.05, 0.1) is 0 Å². The van der Waals surface area contributed by atoms with Crippen LogP contribution in [0, 0.1) is 0 Å². The van der Waals surface area contributed by atoms with Crippen LogP contribution >= 0.6 is 0 Å². The van der Waals surface area contributed by atoms with Gasteiger partial charge in [-0.1, -0.05) is 0 Å². The fourth-order valence-corrected chi connectivity index (χ4v) is 1.42. The molecule has 0 saturated heterocycles. The van der Waals surface area contributed by atoms with Crippen molar-refractivity contribution < 1.29 is 24.3 Å². The number of carbonyl (C=O) groups is 2. The van der Waals surface area contributed by atoms with Crippen molar-refractivity contribution in [2.24, 2.45) is 0 Å². The summed E-state index contributed by atoms with van der Waals surface area (Å²) in [7, 11) is 1.44. The molecule has 0 bridgehead atoms. The molecule has 1 aromatic carbocycles. The number of ether oxygens (including phenoxy) is 1. The second-order valence-corrected chi connectivity index (χ2v) is 3.87. The van der Waals surface area contributed by atoms with Gasteiger partial charge in [-0.05, 0) is 37.1 Å². The molecule has 0 aliphatic rings. The average Bonchev–Trinajstić information content (AvgIpc) is 2.44. The highest BCUT2D eigenvalue weighted by molar-refractivity contribution is 5.94. The van der Waals surface area contributed by atoms with Crippen molar-refractivity contribution in [3.8, 4) is 5.75 Å². The van der Waals surface area contributed by atoms with E-state index in [0.29, 0.717) is 18.5 Å². The number of aliphatic hydroxyl groups excluding tert-OH is 1. The lowest BCUT2D eigenvalue weighted by Crippen LogP contribution is -2.24. The summed E-state index contributed by atoms with van der Waals surface area (Å²) in [6, 6.07) is 6.09. The monoisotopic (exact) mass is 282 g/mol. The smallest absolute Gasteiger partial charge is 0.396 e. The van der Waals surface area contributed by atoms with Crippen LogP contribution in [0.2, 0.25) is 0 Å². The molecule has 7 heteroatoms. The van der Waals surface area contributed by atoms with Crippen molar-refractivity contribution in [1.29, 1.82) is 0 Å². The highest BCUT2D eigenvalue weighted by atomic mass is 16.8. The molecule has 0 atom stereocenters. The van der Waals surface area contributed by atoms with Crippen molar-refractivity contribution in [2.45, 2.75) is 12.8 Å². The SMILES string of the molecule is CNOC(=O)Oc1ccc(C(=O)NCCCCO)cc1. The summed E-state index contributed by atoms with van der Waals surface area (Å²) in [5, 5.41) is 11.3. The minimum absolute atomic E-state index is 0.116. The first-order chi connectivity index (χ1) is 9.67. The van der Waals surface area contributed by atoms with E-state index in [1.807, 2.05) is 0 Å². The average molecular weight is 282 g/mol. The van der Waals surface area contributed by atoms with E-state index in [-0.39, 0.29) is 18.3 Å². The van der Waals surface area contributed by atoms with Crippen LogP contribution in [-0.4, -0.2) is 37.4 Å². The Hall–Kier alpha value is -2.12. The number of unbranched alkanes of at least 4 members (excludes halogenated alkanes) is 1. The minimum Gasteiger partial charge on any atom is -0.396 e.